The molecule has 0 atom stereocenters. The van der Waals surface area contributed by atoms with E-state index in [1.807, 2.05) is 45.2 Å². The summed E-state index contributed by atoms with van der Waals surface area (Å²) in [5.74, 6) is -1.04. The molecule has 2 aromatic carbocycles. The minimum atomic E-state index is -0.546. The molecule has 1 N–H and O–H groups in total. The lowest BCUT2D eigenvalue weighted by molar-refractivity contribution is -0.122. The molecule has 0 radical (unpaired) electrons. The Labute approximate surface area is 212 Å². The Kier molecular flexibility index (Phi) is 6.01. The number of carbonyl (C=O) groups is 2. The van der Waals surface area contributed by atoms with Crippen LogP contribution in [-0.4, -0.2) is 29.5 Å². The summed E-state index contributed by atoms with van der Waals surface area (Å²) >= 11 is 15.4. The number of anilines is 2. The van der Waals surface area contributed by atoms with Crippen LogP contribution in [0.2, 0.25) is 5.02 Å². The normalized spacial score (nSPS) is 18.9. The predicted molar refractivity (Wildman–Crippen MR) is 143 cm³/mol. The van der Waals surface area contributed by atoms with Crippen LogP contribution in [0.15, 0.2) is 46.5 Å². The highest BCUT2D eigenvalue weighted by atomic mass is 79.9. The number of nitrogens with one attached hydrogen (secondary N) is 1. The SMILES string of the molecule is CC1=CC(C)(C)N(C)c2cc(Cl)c(/C=C3/C(=O)NC(=S)N(c4ccc(Br)cc4C)C3=O)cc21. The molecule has 2 amide bonds. The van der Waals surface area contributed by atoms with Crippen molar-refractivity contribution in [1.29, 1.82) is 0 Å². The Hall–Kier alpha value is -2.48. The number of halogens is 2. The van der Waals surface area contributed by atoms with Gasteiger partial charge in [0, 0.05) is 27.8 Å². The first kappa shape index (κ1) is 23.7. The first-order valence-electron chi connectivity index (χ1n) is 10.4. The van der Waals surface area contributed by atoms with Crippen molar-refractivity contribution in [1.82, 2.24) is 5.32 Å². The molecule has 8 heteroatoms. The first-order chi connectivity index (χ1) is 15.4. The van der Waals surface area contributed by atoms with Gasteiger partial charge in [0.1, 0.15) is 5.57 Å². The molecule has 2 aromatic rings. The molecule has 33 heavy (non-hydrogen) atoms. The molecule has 4 rings (SSSR count). The molecular weight excluding hydrogens is 522 g/mol. The molecule has 2 aliphatic rings. The van der Waals surface area contributed by atoms with Gasteiger partial charge in [-0.15, -0.1) is 0 Å². The molecule has 0 aliphatic carbocycles. The summed E-state index contributed by atoms with van der Waals surface area (Å²) in [6.45, 7) is 8.20. The lowest BCUT2D eigenvalue weighted by Gasteiger charge is -2.41. The summed E-state index contributed by atoms with van der Waals surface area (Å²) in [5.41, 5.74) is 4.98. The fourth-order valence-electron chi connectivity index (χ4n) is 4.20. The molecule has 5 nitrogen and oxygen atoms in total. The van der Waals surface area contributed by atoms with Crippen LogP contribution in [0, 0.1) is 6.92 Å². The number of aryl methyl sites for hydroxylation is 1. The van der Waals surface area contributed by atoms with Gasteiger partial charge in [0.2, 0.25) is 0 Å². The van der Waals surface area contributed by atoms with Crippen molar-refractivity contribution >= 4 is 79.7 Å². The van der Waals surface area contributed by atoms with E-state index in [-0.39, 0.29) is 16.2 Å². The molecule has 1 saturated heterocycles. The second-order valence-corrected chi connectivity index (χ2v) is 10.5. The average Bonchev–Trinajstić information content (AvgIpc) is 2.71. The van der Waals surface area contributed by atoms with E-state index in [0.717, 1.165) is 26.9 Å². The summed E-state index contributed by atoms with van der Waals surface area (Å²) in [7, 11) is 2.02. The van der Waals surface area contributed by atoms with Gasteiger partial charge < -0.3 is 4.90 Å². The summed E-state index contributed by atoms with van der Waals surface area (Å²) in [6, 6.07) is 9.30. The topological polar surface area (TPSA) is 52.7 Å². The van der Waals surface area contributed by atoms with Gasteiger partial charge in [0.25, 0.3) is 11.8 Å². The average molecular weight is 545 g/mol. The van der Waals surface area contributed by atoms with Gasteiger partial charge in [-0.2, -0.15) is 0 Å². The molecule has 1 fully saturated rings. The van der Waals surface area contributed by atoms with Gasteiger partial charge in [-0.05, 0) is 93.0 Å². The largest absolute Gasteiger partial charge is 0.365 e. The van der Waals surface area contributed by atoms with Gasteiger partial charge in [0.15, 0.2) is 5.11 Å². The number of likely N-dealkylation sites (N-methyl/N-ethyl adjacent to an activating group) is 1. The van der Waals surface area contributed by atoms with Gasteiger partial charge in [0.05, 0.1) is 11.2 Å². The minimum Gasteiger partial charge on any atom is -0.365 e. The van der Waals surface area contributed by atoms with Gasteiger partial charge in [-0.1, -0.05) is 33.6 Å². The standard InChI is InChI=1S/C25H23BrClN3O2S/c1-13-8-16(26)6-7-20(13)30-23(32)18(22(31)28-24(30)33)10-15-9-17-14(2)12-25(3,4)29(5)21(17)11-19(15)27/h6-12H,1-5H3,(H,28,31,33)/b18-10-. The molecule has 2 aliphatic heterocycles. The van der Waals surface area contributed by atoms with Crippen molar-refractivity contribution < 1.29 is 9.59 Å². The number of amides is 2. The van der Waals surface area contributed by atoms with Gasteiger partial charge >= 0.3 is 0 Å². The Morgan fingerprint density at radius 3 is 2.48 bits per heavy atom. The fraction of sp³-hybridized carbons (Fsp3) is 0.240. The maximum absolute atomic E-state index is 13.4. The van der Waals surface area contributed by atoms with E-state index in [0.29, 0.717) is 16.3 Å². The molecule has 0 aromatic heterocycles. The van der Waals surface area contributed by atoms with Crippen LogP contribution in [-0.2, 0) is 9.59 Å². The van der Waals surface area contributed by atoms with Crippen LogP contribution < -0.4 is 15.1 Å². The summed E-state index contributed by atoms with van der Waals surface area (Å²) < 4.78 is 0.885. The first-order valence-corrected chi connectivity index (χ1v) is 11.9. The maximum Gasteiger partial charge on any atom is 0.270 e. The smallest absolute Gasteiger partial charge is 0.270 e. The summed E-state index contributed by atoms with van der Waals surface area (Å²) in [5, 5.41) is 3.14. The number of carbonyl (C=O) groups excluding carboxylic acids is 2. The zero-order valence-corrected chi connectivity index (χ0v) is 22.1. The lowest BCUT2D eigenvalue weighted by Crippen LogP contribution is -2.54. The molecular formula is C25H23BrClN3O2S. The highest BCUT2D eigenvalue weighted by Gasteiger charge is 2.36. The maximum atomic E-state index is 13.4. The third-order valence-electron chi connectivity index (χ3n) is 6.14. The van der Waals surface area contributed by atoms with E-state index in [9.17, 15) is 9.59 Å². The summed E-state index contributed by atoms with van der Waals surface area (Å²) in [4.78, 5) is 29.7. The van der Waals surface area contributed by atoms with Crippen molar-refractivity contribution in [3.05, 3.63) is 68.2 Å². The van der Waals surface area contributed by atoms with Crippen molar-refractivity contribution in [2.45, 2.75) is 33.2 Å². The van der Waals surface area contributed by atoms with Crippen molar-refractivity contribution in [3.63, 3.8) is 0 Å². The number of nitrogens with zero attached hydrogens (tertiary/aromatic N) is 2. The van der Waals surface area contributed by atoms with Gasteiger partial charge in [-0.25, -0.2) is 0 Å². The quantitative estimate of drug-likeness (QED) is 0.292. The van der Waals surface area contributed by atoms with Crippen LogP contribution in [0.25, 0.3) is 11.6 Å². The van der Waals surface area contributed by atoms with E-state index in [1.165, 1.54) is 11.0 Å². The zero-order valence-electron chi connectivity index (χ0n) is 18.9. The third kappa shape index (κ3) is 4.14. The van der Waals surface area contributed by atoms with Crippen LogP contribution in [0.1, 0.15) is 37.5 Å². The highest BCUT2D eigenvalue weighted by Crippen LogP contribution is 2.41. The summed E-state index contributed by atoms with van der Waals surface area (Å²) in [6.07, 6.45) is 3.73. The predicted octanol–water partition coefficient (Wildman–Crippen LogP) is 5.87. The molecule has 2 heterocycles. The van der Waals surface area contributed by atoms with Crippen LogP contribution in [0.5, 0.6) is 0 Å². The fourth-order valence-corrected chi connectivity index (χ4v) is 5.16. The van der Waals surface area contributed by atoms with Crippen molar-refractivity contribution in [2.75, 3.05) is 16.8 Å². The van der Waals surface area contributed by atoms with E-state index in [2.05, 4.69) is 46.1 Å². The van der Waals surface area contributed by atoms with E-state index < -0.39 is 11.8 Å². The Morgan fingerprint density at radius 1 is 1.12 bits per heavy atom. The van der Waals surface area contributed by atoms with Crippen LogP contribution in [0.3, 0.4) is 0 Å². The Balaban J connectivity index is 1.80. The Bertz CT molecular complexity index is 1300. The number of hydrogen-bond acceptors (Lipinski definition) is 4. The number of thiocarbonyl (C=S) groups is 1. The van der Waals surface area contributed by atoms with E-state index >= 15 is 0 Å². The van der Waals surface area contributed by atoms with Crippen molar-refractivity contribution in [3.8, 4) is 0 Å². The molecule has 0 bridgehead atoms. The second kappa shape index (κ2) is 8.38. The van der Waals surface area contributed by atoms with E-state index in [4.69, 9.17) is 23.8 Å². The number of rotatable bonds is 2. The highest BCUT2D eigenvalue weighted by molar-refractivity contribution is 9.10. The van der Waals surface area contributed by atoms with Crippen molar-refractivity contribution in [2.24, 2.45) is 0 Å². The monoisotopic (exact) mass is 543 g/mol. The second-order valence-electron chi connectivity index (χ2n) is 8.82. The molecule has 0 unspecified atom stereocenters. The minimum absolute atomic E-state index is 0.0288. The number of allylic oxidation sites excluding steroid dienone is 1. The lowest BCUT2D eigenvalue weighted by atomic mass is 9.88. The Morgan fingerprint density at radius 2 is 1.82 bits per heavy atom. The van der Waals surface area contributed by atoms with E-state index in [1.54, 1.807) is 6.07 Å². The number of fused-ring (bicyclic) bond motifs is 1. The third-order valence-corrected chi connectivity index (χ3v) is 7.24. The van der Waals surface area contributed by atoms with Gasteiger partial charge in [-0.3, -0.25) is 19.8 Å². The molecule has 170 valence electrons. The molecule has 0 saturated carbocycles. The van der Waals surface area contributed by atoms with Crippen LogP contribution >= 0.6 is 39.7 Å². The zero-order chi connectivity index (χ0) is 24.2. The molecule has 0 spiro atoms. The van der Waals surface area contributed by atoms with Crippen LogP contribution in [0.4, 0.5) is 11.4 Å². The number of hydrogen-bond donors (Lipinski definition) is 1. The number of benzene rings is 2.